The second kappa shape index (κ2) is 11.8. The first kappa shape index (κ1) is 22.5. The molecule has 0 aliphatic heterocycles. The summed E-state index contributed by atoms with van der Waals surface area (Å²) in [6.45, 7) is 2.73. The van der Waals surface area contributed by atoms with Gasteiger partial charge in [-0.2, -0.15) is 0 Å². The van der Waals surface area contributed by atoms with Gasteiger partial charge in [-0.1, -0.05) is 24.3 Å². The summed E-state index contributed by atoms with van der Waals surface area (Å²) in [5.74, 6) is 0. The Morgan fingerprint density at radius 2 is 1.03 bits per heavy atom. The van der Waals surface area contributed by atoms with Crippen molar-refractivity contribution in [1.29, 1.82) is 0 Å². The Hall–Kier alpha value is -3.73. The zero-order valence-corrected chi connectivity index (χ0v) is 19.2. The summed E-state index contributed by atoms with van der Waals surface area (Å²) in [4.78, 5) is 18.2. The van der Waals surface area contributed by atoms with Crippen molar-refractivity contribution in [2.75, 3.05) is 36.5 Å². The quantitative estimate of drug-likeness (QED) is 0.336. The fourth-order valence-corrected chi connectivity index (χ4v) is 3.85. The molecule has 0 unspecified atom stereocenters. The van der Waals surface area contributed by atoms with Crippen molar-refractivity contribution in [2.24, 2.45) is 0 Å². The third-order valence-corrected chi connectivity index (χ3v) is 5.79. The van der Waals surface area contributed by atoms with Crippen molar-refractivity contribution in [1.82, 2.24) is 15.0 Å². The Kier molecular flexibility index (Phi) is 8.01. The topological polar surface area (TPSA) is 45.2 Å². The maximum Gasteiger partial charge on any atom is 0.0421 e. The first-order chi connectivity index (χ1) is 16.3. The van der Waals surface area contributed by atoms with Crippen LogP contribution >= 0.6 is 0 Å². The highest BCUT2D eigenvalue weighted by Crippen LogP contribution is 2.23. The highest BCUT2D eigenvalue weighted by atomic mass is 15.1. The minimum atomic E-state index is 0.906. The Morgan fingerprint density at radius 1 is 0.545 bits per heavy atom. The molecule has 33 heavy (non-hydrogen) atoms. The highest BCUT2D eigenvalue weighted by molar-refractivity contribution is 5.59. The summed E-state index contributed by atoms with van der Waals surface area (Å²) in [6.07, 6.45) is 8.32. The molecule has 5 nitrogen and oxygen atoms in total. The molecule has 0 amide bonds. The van der Waals surface area contributed by atoms with Crippen LogP contribution < -0.4 is 9.80 Å². The van der Waals surface area contributed by atoms with Crippen LogP contribution in [0.25, 0.3) is 0 Å². The zero-order chi connectivity index (χ0) is 22.7. The molecule has 168 valence electrons. The first-order valence-electron chi connectivity index (χ1n) is 11.5. The van der Waals surface area contributed by atoms with E-state index in [1.165, 1.54) is 11.4 Å². The van der Waals surface area contributed by atoms with E-state index in [0.29, 0.717) is 0 Å². The fraction of sp³-hybridized carbons (Fsp3) is 0.250. The zero-order valence-electron chi connectivity index (χ0n) is 19.2. The van der Waals surface area contributed by atoms with Crippen LogP contribution in [0.2, 0.25) is 0 Å². The number of hydrogen-bond acceptors (Lipinski definition) is 5. The molecule has 4 aromatic rings. The van der Waals surface area contributed by atoms with E-state index in [0.717, 1.165) is 56.0 Å². The number of anilines is 2. The predicted molar refractivity (Wildman–Crippen MR) is 136 cm³/mol. The van der Waals surface area contributed by atoms with Gasteiger partial charge in [0.15, 0.2) is 0 Å². The standard InChI is InChI=1S/C28H31N5/c1-32(20-14-24-9-2-5-17-29-24)27-12-8-13-28(23-27)33(21-15-25-10-3-6-18-30-25)22-16-26-11-4-7-19-31-26/h2-13,17-19,23H,14-16,20-22H2,1H3. The van der Waals surface area contributed by atoms with Gasteiger partial charge in [-0.15, -0.1) is 0 Å². The normalized spacial score (nSPS) is 10.7. The third kappa shape index (κ3) is 6.88. The number of pyridine rings is 3. The summed E-state index contributed by atoms with van der Waals surface area (Å²) >= 11 is 0. The van der Waals surface area contributed by atoms with Gasteiger partial charge >= 0.3 is 0 Å². The Morgan fingerprint density at radius 3 is 1.52 bits per heavy atom. The molecule has 0 aliphatic rings. The van der Waals surface area contributed by atoms with Crippen LogP contribution in [-0.2, 0) is 19.3 Å². The van der Waals surface area contributed by atoms with Gasteiger partial charge in [0.1, 0.15) is 0 Å². The fourth-order valence-electron chi connectivity index (χ4n) is 3.85. The van der Waals surface area contributed by atoms with Crippen LogP contribution in [0.4, 0.5) is 11.4 Å². The molecule has 0 fully saturated rings. The molecule has 5 heteroatoms. The third-order valence-electron chi connectivity index (χ3n) is 5.79. The van der Waals surface area contributed by atoms with E-state index in [2.05, 4.69) is 86.4 Å². The molecule has 0 N–H and O–H groups in total. The second-order valence-corrected chi connectivity index (χ2v) is 8.14. The summed E-state index contributed by atoms with van der Waals surface area (Å²) in [6, 6.07) is 27.1. The van der Waals surface area contributed by atoms with Gasteiger partial charge in [0.05, 0.1) is 0 Å². The van der Waals surface area contributed by atoms with Gasteiger partial charge in [-0.3, -0.25) is 15.0 Å². The lowest BCUT2D eigenvalue weighted by atomic mass is 10.1. The molecule has 0 bridgehead atoms. The molecule has 0 atom stereocenters. The molecule has 0 spiro atoms. The van der Waals surface area contributed by atoms with Crippen LogP contribution in [0.1, 0.15) is 17.1 Å². The van der Waals surface area contributed by atoms with Crippen molar-refractivity contribution in [3.8, 4) is 0 Å². The molecule has 3 aromatic heterocycles. The summed E-state index contributed by atoms with van der Waals surface area (Å²) in [5.41, 5.74) is 5.79. The SMILES string of the molecule is CN(CCc1ccccn1)c1cccc(N(CCc2ccccn2)CCc2ccccn2)c1. The lowest BCUT2D eigenvalue weighted by molar-refractivity contribution is 0.750. The van der Waals surface area contributed by atoms with Crippen molar-refractivity contribution in [3.05, 3.63) is 115 Å². The smallest absolute Gasteiger partial charge is 0.0421 e. The van der Waals surface area contributed by atoms with Gasteiger partial charge in [0.25, 0.3) is 0 Å². The van der Waals surface area contributed by atoms with E-state index in [4.69, 9.17) is 0 Å². The van der Waals surface area contributed by atoms with Gasteiger partial charge in [0, 0.05) is 93.0 Å². The van der Waals surface area contributed by atoms with Gasteiger partial charge < -0.3 is 9.80 Å². The van der Waals surface area contributed by atoms with E-state index in [1.54, 1.807) is 0 Å². The monoisotopic (exact) mass is 437 g/mol. The van der Waals surface area contributed by atoms with E-state index in [1.807, 2.05) is 42.9 Å². The second-order valence-electron chi connectivity index (χ2n) is 8.14. The maximum atomic E-state index is 4.51. The molecule has 1 aromatic carbocycles. The lowest BCUT2D eigenvalue weighted by Crippen LogP contribution is -2.29. The van der Waals surface area contributed by atoms with Crippen molar-refractivity contribution in [3.63, 3.8) is 0 Å². The lowest BCUT2D eigenvalue weighted by Gasteiger charge is -2.27. The maximum absolute atomic E-state index is 4.51. The summed E-state index contributed by atoms with van der Waals surface area (Å²) in [5, 5.41) is 0. The molecular formula is C28H31N5. The van der Waals surface area contributed by atoms with Crippen LogP contribution in [0.3, 0.4) is 0 Å². The number of likely N-dealkylation sites (N-methyl/N-ethyl adjacent to an activating group) is 1. The van der Waals surface area contributed by atoms with Crippen LogP contribution in [-0.4, -0.2) is 41.6 Å². The average molecular weight is 438 g/mol. The molecule has 3 heterocycles. The number of rotatable bonds is 11. The number of benzene rings is 1. The van der Waals surface area contributed by atoms with Gasteiger partial charge in [-0.05, 0) is 54.6 Å². The van der Waals surface area contributed by atoms with Crippen LogP contribution in [0.15, 0.2) is 97.5 Å². The molecule has 0 radical (unpaired) electrons. The van der Waals surface area contributed by atoms with Gasteiger partial charge in [0.2, 0.25) is 0 Å². The van der Waals surface area contributed by atoms with Crippen LogP contribution in [0, 0.1) is 0 Å². The Balaban J connectivity index is 1.46. The van der Waals surface area contributed by atoms with Crippen LogP contribution in [0.5, 0.6) is 0 Å². The van der Waals surface area contributed by atoms with Crippen molar-refractivity contribution < 1.29 is 0 Å². The number of nitrogens with zero attached hydrogens (tertiary/aromatic N) is 5. The minimum absolute atomic E-state index is 0.906. The van der Waals surface area contributed by atoms with E-state index in [-0.39, 0.29) is 0 Å². The largest absolute Gasteiger partial charge is 0.374 e. The highest BCUT2D eigenvalue weighted by Gasteiger charge is 2.11. The molecule has 0 aliphatic carbocycles. The van der Waals surface area contributed by atoms with E-state index >= 15 is 0 Å². The van der Waals surface area contributed by atoms with Crippen molar-refractivity contribution >= 4 is 11.4 Å². The van der Waals surface area contributed by atoms with Gasteiger partial charge in [-0.25, -0.2) is 0 Å². The number of aromatic nitrogens is 3. The number of hydrogen-bond donors (Lipinski definition) is 0. The van der Waals surface area contributed by atoms with E-state index in [9.17, 15) is 0 Å². The predicted octanol–water partition coefficient (Wildman–Crippen LogP) is 4.84. The minimum Gasteiger partial charge on any atom is -0.374 e. The van der Waals surface area contributed by atoms with Crippen molar-refractivity contribution in [2.45, 2.75) is 19.3 Å². The molecule has 0 saturated carbocycles. The molecule has 0 saturated heterocycles. The Bertz CT molecular complexity index is 1040. The molecular weight excluding hydrogens is 406 g/mol. The summed E-state index contributed by atoms with van der Waals surface area (Å²) < 4.78 is 0. The molecule has 4 rings (SSSR count). The first-order valence-corrected chi connectivity index (χ1v) is 11.5. The van der Waals surface area contributed by atoms with E-state index < -0.39 is 0 Å². The Labute approximate surface area is 196 Å². The average Bonchev–Trinajstić information content (AvgIpc) is 2.89. The summed E-state index contributed by atoms with van der Waals surface area (Å²) in [7, 11) is 2.15.